The molecule has 0 amide bonds. The first kappa shape index (κ1) is 14.9. The summed E-state index contributed by atoms with van der Waals surface area (Å²) in [7, 11) is 1.92. The van der Waals surface area contributed by atoms with Gasteiger partial charge in [0.1, 0.15) is 11.4 Å². The molecule has 1 aromatic carbocycles. The first-order valence-corrected chi connectivity index (χ1v) is 7.28. The fraction of sp³-hybridized carbons (Fsp3) is 0.176. The van der Waals surface area contributed by atoms with E-state index in [-0.39, 0.29) is 5.95 Å². The van der Waals surface area contributed by atoms with Crippen molar-refractivity contribution in [3.05, 3.63) is 53.8 Å². The van der Waals surface area contributed by atoms with Gasteiger partial charge in [-0.1, -0.05) is 29.8 Å². The largest absolute Gasteiger partial charge is 0.463 e. The molecule has 0 aliphatic carbocycles. The zero-order valence-corrected chi connectivity index (χ0v) is 13.2. The normalized spacial score (nSPS) is 10.7. The summed E-state index contributed by atoms with van der Waals surface area (Å²) in [6.07, 6.45) is 1.57. The van der Waals surface area contributed by atoms with Crippen LogP contribution in [0.1, 0.15) is 11.1 Å². The van der Waals surface area contributed by atoms with Crippen LogP contribution in [0.25, 0.3) is 11.5 Å². The molecule has 23 heavy (non-hydrogen) atoms. The summed E-state index contributed by atoms with van der Waals surface area (Å²) in [5.41, 5.74) is 15.4. The van der Waals surface area contributed by atoms with E-state index in [1.165, 1.54) is 11.1 Å². The number of hydrogen-bond acceptors (Lipinski definition) is 6. The third kappa shape index (κ3) is 3.11. The second-order valence-corrected chi connectivity index (χ2v) is 5.49. The fourth-order valence-electron chi connectivity index (χ4n) is 2.53. The van der Waals surface area contributed by atoms with Crippen LogP contribution < -0.4 is 16.4 Å². The Kier molecular flexibility index (Phi) is 3.89. The van der Waals surface area contributed by atoms with Gasteiger partial charge in [-0.05, 0) is 24.6 Å². The molecular weight excluding hydrogens is 290 g/mol. The van der Waals surface area contributed by atoms with Gasteiger partial charge in [0.2, 0.25) is 5.95 Å². The molecule has 0 bridgehead atoms. The Labute approximate surface area is 134 Å². The highest BCUT2D eigenvalue weighted by molar-refractivity contribution is 5.79. The zero-order valence-electron chi connectivity index (χ0n) is 13.2. The van der Waals surface area contributed by atoms with Gasteiger partial charge in [-0.3, -0.25) is 0 Å². The number of nitrogens with zero attached hydrogens (tertiary/aromatic N) is 3. The molecule has 0 radical (unpaired) electrons. The number of aromatic nitrogens is 2. The lowest BCUT2D eigenvalue weighted by molar-refractivity contribution is 0.580. The lowest BCUT2D eigenvalue weighted by atomic mass is 10.1. The molecule has 3 rings (SSSR count). The van der Waals surface area contributed by atoms with E-state index in [0.717, 1.165) is 0 Å². The van der Waals surface area contributed by atoms with E-state index in [1.807, 2.05) is 18.0 Å². The standard InChI is InChI=1S/C17H19N5O/c1-11-5-3-6-12(9-11)10-22(2)16-14(18)15(20-17(19)21-16)13-7-4-8-23-13/h3-9H,10,18H2,1-2H3,(H2,19,20,21). The van der Waals surface area contributed by atoms with Crippen molar-refractivity contribution in [1.82, 2.24) is 9.97 Å². The first-order valence-electron chi connectivity index (χ1n) is 7.28. The minimum Gasteiger partial charge on any atom is -0.463 e. The summed E-state index contributed by atoms with van der Waals surface area (Å²) >= 11 is 0. The SMILES string of the molecule is Cc1cccc(CN(C)c2nc(N)nc(-c3ccco3)c2N)c1. The Balaban J connectivity index is 1.96. The highest BCUT2D eigenvalue weighted by Gasteiger charge is 2.17. The average Bonchev–Trinajstić information content (AvgIpc) is 3.03. The second kappa shape index (κ2) is 6.00. The molecule has 0 saturated carbocycles. The Morgan fingerprint density at radius 3 is 2.65 bits per heavy atom. The van der Waals surface area contributed by atoms with Gasteiger partial charge in [0.15, 0.2) is 11.6 Å². The molecule has 0 aliphatic rings. The van der Waals surface area contributed by atoms with Crippen molar-refractivity contribution in [2.75, 3.05) is 23.4 Å². The van der Waals surface area contributed by atoms with Crippen LogP contribution in [-0.4, -0.2) is 17.0 Å². The number of nitrogen functional groups attached to an aromatic ring is 2. The number of aryl methyl sites for hydroxylation is 1. The number of furan rings is 1. The van der Waals surface area contributed by atoms with E-state index in [0.29, 0.717) is 29.5 Å². The lowest BCUT2D eigenvalue weighted by Crippen LogP contribution is -2.20. The Morgan fingerprint density at radius 2 is 1.96 bits per heavy atom. The predicted molar refractivity (Wildman–Crippen MR) is 91.8 cm³/mol. The van der Waals surface area contributed by atoms with Crippen LogP contribution in [0.2, 0.25) is 0 Å². The molecule has 118 valence electrons. The maximum Gasteiger partial charge on any atom is 0.222 e. The van der Waals surface area contributed by atoms with Crippen LogP contribution in [0.5, 0.6) is 0 Å². The van der Waals surface area contributed by atoms with Crippen molar-refractivity contribution < 1.29 is 4.42 Å². The van der Waals surface area contributed by atoms with Crippen LogP contribution in [0.3, 0.4) is 0 Å². The fourth-order valence-corrected chi connectivity index (χ4v) is 2.53. The van der Waals surface area contributed by atoms with Crippen molar-refractivity contribution >= 4 is 17.5 Å². The van der Waals surface area contributed by atoms with Crippen LogP contribution in [-0.2, 0) is 6.54 Å². The molecule has 2 aromatic heterocycles. The highest BCUT2D eigenvalue weighted by Crippen LogP contribution is 2.32. The van der Waals surface area contributed by atoms with Gasteiger partial charge >= 0.3 is 0 Å². The van der Waals surface area contributed by atoms with Crippen LogP contribution in [0, 0.1) is 6.92 Å². The second-order valence-electron chi connectivity index (χ2n) is 5.49. The molecule has 0 atom stereocenters. The highest BCUT2D eigenvalue weighted by atomic mass is 16.3. The molecule has 0 fully saturated rings. The van der Waals surface area contributed by atoms with Crippen molar-refractivity contribution in [1.29, 1.82) is 0 Å². The monoisotopic (exact) mass is 309 g/mol. The molecule has 6 heteroatoms. The maximum atomic E-state index is 6.25. The number of anilines is 3. The third-order valence-corrected chi connectivity index (χ3v) is 3.56. The molecule has 4 N–H and O–H groups in total. The van der Waals surface area contributed by atoms with E-state index in [1.54, 1.807) is 18.4 Å². The Morgan fingerprint density at radius 1 is 1.13 bits per heavy atom. The van der Waals surface area contributed by atoms with E-state index in [4.69, 9.17) is 15.9 Å². The summed E-state index contributed by atoms with van der Waals surface area (Å²) in [5.74, 6) is 1.32. The van der Waals surface area contributed by atoms with Gasteiger partial charge in [-0.15, -0.1) is 0 Å². The molecule has 0 aliphatic heterocycles. The molecule has 0 unspecified atom stereocenters. The van der Waals surface area contributed by atoms with Crippen LogP contribution in [0.15, 0.2) is 47.1 Å². The van der Waals surface area contributed by atoms with Gasteiger partial charge in [0, 0.05) is 13.6 Å². The minimum atomic E-state index is 0.164. The molecule has 6 nitrogen and oxygen atoms in total. The topological polar surface area (TPSA) is 94.2 Å². The van der Waals surface area contributed by atoms with Gasteiger partial charge < -0.3 is 20.8 Å². The summed E-state index contributed by atoms with van der Waals surface area (Å²) < 4.78 is 5.38. The van der Waals surface area contributed by atoms with E-state index in [2.05, 4.69) is 35.1 Å². The summed E-state index contributed by atoms with van der Waals surface area (Å²) in [6, 6.07) is 11.9. The Bertz CT molecular complexity index is 814. The average molecular weight is 309 g/mol. The van der Waals surface area contributed by atoms with Crippen LogP contribution >= 0.6 is 0 Å². The Hall–Kier alpha value is -3.02. The van der Waals surface area contributed by atoms with Gasteiger partial charge in [0.05, 0.1) is 6.26 Å². The quantitative estimate of drug-likeness (QED) is 0.769. The molecular formula is C17H19N5O. The summed E-state index contributed by atoms with van der Waals surface area (Å²) in [5, 5.41) is 0. The van der Waals surface area contributed by atoms with Gasteiger partial charge in [-0.2, -0.15) is 4.98 Å². The van der Waals surface area contributed by atoms with Crippen LogP contribution in [0.4, 0.5) is 17.5 Å². The van der Waals surface area contributed by atoms with Crippen molar-refractivity contribution in [3.63, 3.8) is 0 Å². The number of hydrogen-bond donors (Lipinski definition) is 2. The predicted octanol–water partition coefficient (Wildman–Crippen LogP) is 2.85. The lowest BCUT2D eigenvalue weighted by Gasteiger charge is -2.21. The minimum absolute atomic E-state index is 0.164. The summed E-state index contributed by atoms with van der Waals surface area (Å²) in [6.45, 7) is 2.73. The van der Waals surface area contributed by atoms with E-state index >= 15 is 0 Å². The van der Waals surface area contributed by atoms with Crippen molar-refractivity contribution in [2.45, 2.75) is 13.5 Å². The number of rotatable bonds is 4. The molecule has 0 spiro atoms. The van der Waals surface area contributed by atoms with Crippen molar-refractivity contribution in [2.24, 2.45) is 0 Å². The first-order chi connectivity index (χ1) is 11.0. The molecule has 2 heterocycles. The van der Waals surface area contributed by atoms with Gasteiger partial charge in [-0.25, -0.2) is 4.98 Å². The summed E-state index contributed by atoms with van der Waals surface area (Å²) in [4.78, 5) is 10.4. The smallest absolute Gasteiger partial charge is 0.222 e. The van der Waals surface area contributed by atoms with Gasteiger partial charge in [0.25, 0.3) is 0 Å². The maximum absolute atomic E-state index is 6.25. The number of nitrogens with two attached hydrogens (primary N) is 2. The number of benzene rings is 1. The van der Waals surface area contributed by atoms with E-state index in [9.17, 15) is 0 Å². The van der Waals surface area contributed by atoms with E-state index < -0.39 is 0 Å². The zero-order chi connectivity index (χ0) is 16.4. The molecule has 3 aromatic rings. The third-order valence-electron chi connectivity index (χ3n) is 3.56. The molecule has 0 saturated heterocycles. The van der Waals surface area contributed by atoms with Crippen molar-refractivity contribution in [3.8, 4) is 11.5 Å².